The number of methoxy groups -OCH3 is 1. The van der Waals surface area contributed by atoms with Gasteiger partial charge in [-0.05, 0) is 79.1 Å². The first-order chi connectivity index (χ1) is 18.5. The highest BCUT2D eigenvalue weighted by Crippen LogP contribution is 2.29. The van der Waals surface area contributed by atoms with Crippen LogP contribution in [-0.4, -0.2) is 26.6 Å². The van der Waals surface area contributed by atoms with Gasteiger partial charge in [0.2, 0.25) is 5.95 Å². The average molecular weight is 500 g/mol. The second-order valence-electron chi connectivity index (χ2n) is 8.86. The third kappa shape index (κ3) is 4.97. The number of imidazole rings is 1. The van der Waals surface area contributed by atoms with Crippen LogP contribution in [0.2, 0.25) is 0 Å². The number of terminal acetylenes is 1. The first-order valence-corrected chi connectivity index (χ1v) is 11.9. The molecule has 0 atom stereocenters. The molecule has 0 saturated carbocycles. The van der Waals surface area contributed by atoms with Crippen molar-refractivity contribution in [1.82, 2.24) is 19.5 Å². The number of nitrogens with one attached hydrogen (secondary N) is 2. The van der Waals surface area contributed by atoms with Crippen LogP contribution in [-0.2, 0) is 6.54 Å². The van der Waals surface area contributed by atoms with Gasteiger partial charge in [-0.3, -0.25) is 0 Å². The van der Waals surface area contributed by atoms with Gasteiger partial charge in [0.15, 0.2) is 17.0 Å². The molecular weight excluding hydrogens is 474 g/mol. The van der Waals surface area contributed by atoms with E-state index < -0.39 is 0 Å². The van der Waals surface area contributed by atoms with Crippen molar-refractivity contribution in [2.24, 2.45) is 0 Å². The minimum atomic E-state index is 0.421. The molecule has 38 heavy (non-hydrogen) atoms. The second-order valence-corrected chi connectivity index (χ2v) is 8.86. The van der Waals surface area contributed by atoms with E-state index in [2.05, 4.69) is 27.6 Å². The molecular formula is C30H25N7O. The van der Waals surface area contributed by atoms with Crippen LogP contribution in [0.5, 0.6) is 5.75 Å². The van der Waals surface area contributed by atoms with Crippen LogP contribution >= 0.6 is 0 Å². The number of aryl methyl sites for hydroxylation is 2. The average Bonchev–Trinajstić information content (AvgIpc) is 3.34. The fourth-order valence-corrected chi connectivity index (χ4v) is 4.25. The SMILES string of the molecule is C#Cc1cc(C)c(Nc2nc(Nc3ccc(C#N)cc3)c3ncn(Cc4ccc(OC)cc4)c3n2)c(C)c1. The zero-order valence-electron chi connectivity index (χ0n) is 21.3. The highest BCUT2D eigenvalue weighted by Gasteiger charge is 2.16. The van der Waals surface area contributed by atoms with Crippen molar-refractivity contribution in [2.75, 3.05) is 17.7 Å². The van der Waals surface area contributed by atoms with E-state index in [-0.39, 0.29) is 0 Å². The fourth-order valence-electron chi connectivity index (χ4n) is 4.25. The van der Waals surface area contributed by atoms with E-state index in [0.717, 1.165) is 39.4 Å². The summed E-state index contributed by atoms with van der Waals surface area (Å²) in [5, 5.41) is 15.9. The lowest BCUT2D eigenvalue weighted by Crippen LogP contribution is -2.06. The van der Waals surface area contributed by atoms with Crippen LogP contribution in [0.25, 0.3) is 11.2 Å². The molecule has 0 unspecified atom stereocenters. The molecule has 5 rings (SSSR count). The van der Waals surface area contributed by atoms with E-state index in [9.17, 15) is 0 Å². The van der Waals surface area contributed by atoms with Crippen LogP contribution < -0.4 is 15.4 Å². The number of ether oxygens (including phenoxy) is 1. The molecule has 0 saturated heterocycles. The minimum Gasteiger partial charge on any atom is -0.497 e. The summed E-state index contributed by atoms with van der Waals surface area (Å²) < 4.78 is 7.26. The Hall–Kier alpha value is -5.34. The lowest BCUT2D eigenvalue weighted by molar-refractivity contribution is 0.414. The monoisotopic (exact) mass is 499 g/mol. The third-order valence-corrected chi connectivity index (χ3v) is 6.19. The van der Waals surface area contributed by atoms with E-state index in [1.807, 2.05) is 66.9 Å². The highest BCUT2D eigenvalue weighted by atomic mass is 16.5. The summed E-state index contributed by atoms with van der Waals surface area (Å²) in [6.07, 6.45) is 7.37. The van der Waals surface area contributed by atoms with Crippen molar-refractivity contribution in [3.8, 4) is 24.2 Å². The van der Waals surface area contributed by atoms with Gasteiger partial charge in [0.1, 0.15) is 5.75 Å². The normalized spacial score (nSPS) is 10.6. The maximum absolute atomic E-state index is 9.14. The molecule has 0 aliphatic carbocycles. The fraction of sp³-hybridized carbons (Fsp3) is 0.133. The number of nitrogens with zero attached hydrogens (tertiary/aromatic N) is 5. The number of anilines is 4. The highest BCUT2D eigenvalue weighted by molar-refractivity contribution is 5.87. The number of benzene rings is 3. The number of fused-ring (bicyclic) bond motifs is 1. The van der Waals surface area contributed by atoms with Crippen molar-refractivity contribution in [3.05, 3.63) is 94.8 Å². The quantitative estimate of drug-likeness (QED) is 0.271. The van der Waals surface area contributed by atoms with Crippen LogP contribution in [0.3, 0.4) is 0 Å². The topological polar surface area (TPSA) is 101 Å². The molecule has 2 heterocycles. The minimum absolute atomic E-state index is 0.421. The predicted molar refractivity (Wildman–Crippen MR) is 149 cm³/mol. The molecule has 8 nitrogen and oxygen atoms in total. The van der Waals surface area contributed by atoms with E-state index in [4.69, 9.17) is 26.4 Å². The van der Waals surface area contributed by atoms with E-state index in [1.54, 1.807) is 25.6 Å². The smallest absolute Gasteiger partial charge is 0.231 e. The molecule has 0 fully saturated rings. The molecule has 0 aliphatic heterocycles. The number of hydrogen-bond donors (Lipinski definition) is 2. The van der Waals surface area contributed by atoms with Gasteiger partial charge in [-0.25, -0.2) is 4.98 Å². The zero-order valence-corrected chi connectivity index (χ0v) is 21.3. The number of hydrogen-bond acceptors (Lipinski definition) is 7. The largest absolute Gasteiger partial charge is 0.497 e. The Kier molecular flexibility index (Phi) is 6.63. The van der Waals surface area contributed by atoms with Crippen molar-refractivity contribution in [1.29, 1.82) is 5.26 Å². The van der Waals surface area contributed by atoms with Crippen molar-refractivity contribution < 1.29 is 4.74 Å². The lowest BCUT2D eigenvalue weighted by Gasteiger charge is -2.14. The van der Waals surface area contributed by atoms with Gasteiger partial charge in [-0.15, -0.1) is 6.42 Å². The van der Waals surface area contributed by atoms with Crippen LogP contribution in [0.4, 0.5) is 23.1 Å². The Balaban J connectivity index is 1.57. The summed E-state index contributed by atoms with van der Waals surface area (Å²) >= 11 is 0. The van der Waals surface area contributed by atoms with Crippen LogP contribution in [0, 0.1) is 37.5 Å². The number of nitriles is 1. The van der Waals surface area contributed by atoms with Gasteiger partial charge in [-0.2, -0.15) is 15.2 Å². The Morgan fingerprint density at radius 1 is 0.947 bits per heavy atom. The molecule has 5 aromatic rings. The van der Waals surface area contributed by atoms with Gasteiger partial charge in [0, 0.05) is 16.9 Å². The Labute approximate surface area is 221 Å². The van der Waals surface area contributed by atoms with Gasteiger partial charge < -0.3 is 19.9 Å². The summed E-state index contributed by atoms with van der Waals surface area (Å²) in [6.45, 7) is 4.57. The van der Waals surface area contributed by atoms with Gasteiger partial charge in [-0.1, -0.05) is 18.1 Å². The maximum Gasteiger partial charge on any atom is 0.231 e. The molecule has 0 spiro atoms. The predicted octanol–water partition coefficient (Wildman–Crippen LogP) is 5.84. The van der Waals surface area contributed by atoms with Gasteiger partial charge in [0.05, 0.1) is 31.6 Å². The van der Waals surface area contributed by atoms with Crippen molar-refractivity contribution in [3.63, 3.8) is 0 Å². The number of aromatic nitrogens is 4. The molecule has 2 N–H and O–H groups in total. The van der Waals surface area contributed by atoms with Crippen molar-refractivity contribution in [2.45, 2.75) is 20.4 Å². The molecule has 2 aromatic heterocycles. The van der Waals surface area contributed by atoms with Crippen LogP contribution in [0.1, 0.15) is 27.8 Å². The Bertz CT molecular complexity index is 1680. The molecule has 8 heteroatoms. The van der Waals surface area contributed by atoms with E-state index in [0.29, 0.717) is 35.0 Å². The van der Waals surface area contributed by atoms with Gasteiger partial charge in [0.25, 0.3) is 0 Å². The molecule has 3 aromatic carbocycles. The first-order valence-electron chi connectivity index (χ1n) is 11.9. The maximum atomic E-state index is 9.14. The van der Waals surface area contributed by atoms with Gasteiger partial charge >= 0.3 is 0 Å². The molecule has 0 bridgehead atoms. The zero-order chi connectivity index (χ0) is 26.6. The Morgan fingerprint density at radius 2 is 1.66 bits per heavy atom. The summed E-state index contributed by atoms with van der Waals surface area (Å²) in [5.41, 5.74) is 7.45. The standard InChI is InChI=1S/C30H25N7O/c1-5-21-14-19(2)26(20(3)15-21)34-30-35-28(33-24-10-6-22(16-31)7-11-24)27-29(36-30)37(18-32-27)17-23-8-12-25(38-4)13-9-23/h1,6-15,18H,17H2,2-4H3,(H2,33,34,35,36). The van der Waals surface area contributed by atoms with Crippen molar-refractivity contribution >= 4 is 34.3 Å². The summed E-state index contributed by atoms with van der Waals surface area (Å²) in [7, 11) is 1.65. The summed E-state index contributed by atoms with van der Waals surface area (Å²) in [5.74, 6) is 4.46. The lowest BCUT2D eigenvalue weighted by atomic mass is 10.0. The Morgan fingerprint density at radius 3 is 2.29 bits per heavy atom. The molecule has 0 radical (unpaired) electrons. The summed E-state index contributed by atoms with van der Waals surface area (Å²) in [4.78, 5) is 14.2. The van der Waals surface area contributed by atoms with E-state index >= 15 is 0 Å². The second kappa shape index (κ2) is 10.3. The third-order valence-electron chi connectivity index (χ3n) is 6.19. The molecule has 0 aliphatic rings. The summed E-state index contributed by atoms with van der Waals surface area (Å²) in [6, 6.07) is 21.1. The van der Waals surface area contributed by atoms with E-state index in [1.165, 1.54) is 0 Å². The molecule has 186 valence electrons. The first kappa shape index (κ1) is 24.4. The van der Waals surface area contributed by atoms with Crippen LogP contribution in [0.15, 0.2) is 67.0 Å². The number of rotatable bonds is 7. The molecule has 0 amide bonds.